The van der Waals surface area contributed by atoms with Crippen LogP contribution in [0, 0.1) is 0 Å². The van der Waals surface area contributed by atoms with E-state index in [0.717, 1.165) is 12.1 Å². The molecule has 0 aliphatic rings. The summed E-state index contributed by atoms with van der Waals surface area (Å²) in [5.41, 5.74) is 0.921. The normalized spacial score (nSPS) is 9.64. The topological polar surface area (TPSA) is 46.9 Å². The monoisotopic (exact) mass is 153 g/mol. The molecule has 4 nitrogen and oxygen atoms in total. The smallest absolute Gasteiger partial charge is 0.339 e. The van der Waals surface area contributed by atoms with Crippen molar-refractivity contribution in [1.29, 1.82) is 0 Å². The molecule has 0 spiro atoms. The first-order valence-corrected chi connectivity index (χ1v) is 3.54. The first-order chi connectivity index (χ1) is 5.29. The van der Waals surface area contributed by atoms with E-state index in [4.69, 9.17) is 0 Å². The zero-order valence-electron chi connectivity index (χ0n) is 6.66. The number of rotatable bonds is 1. The van der Waals surface area contributed by atoms with Gasteiger partial charge in [0.25, 0.3) is 0 Å². The maximum atomic E-state index is 11.0. The molecule has 1 aromatic rings. The first kappa shape index (κ1) is 7.78. The molecular weight excluding hydrogens is 142 g/mol. The molecule has 0 aliphatic heterocycles. The SMILES string of the molecule is CCc1ccnn1C(=O)NC. The van der Waals surface area contributed by atoms with E-state index >= 15 is 0 Å². The average Bonchev–Trinajstić information content (AvgIpc) is 2.50. The zero-order valence-corrected chi connectivity index (χ0v) is 6.66. The summed E-state index contributed by atoms with van der Waals surface area (Å²) in [5.74, 6) is 0. The molecule has 0 fully saturated rings. The van der Waals surface area contributed by atoms with Crippen molar-refractivity contribution in [3.05, 3.63) is 18.0 Å². The van der Waals surface area contributed by atoms with Crippen LogP contribution in [0.3, 0.4) is 0 Å². The highest BCUT2D eigenvalue weighted by Gasteiger charge is 2.05. The van der Waals surface area contributed by atoms with Crippen molar-refractivity contribution >= 4 is 6.03 Å². The fourth-order valence-corrected chi connectivity index (χ4v) is 0.887. The van der Waals surface area contributed by atoms with Gasteiger partial charge in [0.1, 0.15) is 0 Å². The van der Waals surface area contributed by atoms with Crippen molar-refractivity contribution in [2.24, 2.45) is 0 Å². The number of hydrogen-bond acceptors (Lipinski definition) is 2. The Bertz CT molecular complexity index is 254. The van der Waals surface area contributed by atoms with Crippen LogP contribution in [0.5, 0.6) is 0 Å². The molecule has 4 heteroatoms. The van der Waals surface area contributed by atoms with Crippen molar-refractivity contribution in [3.63, 3.8) is 0 Å². The molecule has 0 radical (unpaired) electrons. The van der Waals surface area contributed by atoms with E-state index in [-0.39, 0.29) is 6.03 Å². The van der Waals surface area contributed by atoms with Crippen LogP contribution >= 0.6 is 0 Å². The molecule has 0 saturated carbocycles. The Hall–Kier alpha value is -1.32. The lowest BCUT2D eigenvalue weighted by Gasteiger charge is -2.01. The lowest BCUT2D eigenvalue weighted by molar-refractivity contribution is 0.241. The number of carbonyl (C=O) groups is 1. The van der Waals surface area contributed by atoms with Gasteiger partial charge in [0.05, 0.1) is 0 Å². The molecule has 1 heterocycles. The summed E-state index contributed by atoms with van der Waals surface area (Å²) in [6.07, 6.45) is 2.43. The van der Waals surface area contributed by atoms with Gasteiger partial charge in [0, 0.05) is 18.9 Å². The third kappa shape index (κ3) is 1.39. The van der Waals surface area contributed by atoms with E-state index in [0.29, 0.717) is 0 Å². The number of aromatic nitrogens is 2. The Labute approximate surface area is 65.2 Å². The highest BCUT2D eigenvalue weighted by molar-refractivity contribution is 5.76. The summed E-state index contributed by atoms with van der Waals surface area (Å²) in [6.45, 7) is 1.98. The Morgan fingerprint density at radius 3 is 3.09 bits per heavy atom. The molecule has 0 saturated heterocycles. The number of amides is 1. The third-order valence-corrected chi connectivity index (χ3v) is 1.49. The minimum Gasteiger partial charge on any atom is -0.339 e. The summed E-state index contributed by atoms with van der Waals surface area (Å²) in [6, 6.07) is 1.64. The van der Waals surface area contributed by atoms with Gasteiger partial charge >= 0.3 is 6.03 Å². The Balaban J connectivity index is 2.92. The fraction of sp³-hybridized carbons (Fsp3) is 0.429. The first-order valence-electron chi connectivity index (χ1n) is 3.54. The lowest BCUT2D eigenvalue weighted by atomic mass is 10.3. The highest BCUT2D eigenvalue weighted by Crippen LogP contribution is 1.97. The van der Waals surface area contributed by atoms with Gasteiger partial charge in [-0.1, -0.05) is 6.92 Å². The van der Waals surface area contributed by atoms with Crippen LogP contribution in [-0.2, 0) is 6.42 Å². The van der Waals surface area contributed by atoms with Gasteiger partial charge in [-0.2, -0.15) is 9.78 Å². The van der Waals surface area contributed by atoms with E-state index in [1.807, 2.05) is 13.0 Å². The van der Waals surface area contributed by atoms with E-state index in [2.05, 4.69) is 10.4 Å². The number of nitrogens with zero attached hydrogens (tertiary/aromatic N) is 2. The molecule has 0 aromatic carbocycles. The van der Waals surface area contributed by atoms with Crippen molar-refractivity contribution in [2.45, 2.75) is 13.3 Å². The number of aryl methyl sites for hydroxylation is 1. The van der Waals surface area contributed by atoms with Crippen LogP contribution < -0.4 is 5.32 Å². The molecular formula is C7H11N3O. The van der Waals surface area contributed by atoms with Crippen molar-refractivity contribution in [2.75, 3.05) is 7.05 Å². The van der Waals surface area contributed by atoms with Crippen LogP contribution in [-0.4, -0.2) is 22.9 Å². The second-order valence-corrected chi connectivity index (χ2v) is 2.14. The van der Waals surface area contributed by atoms with Crippen LogP contribution in [0.15, 0.2) is 12.3 Å². The summed E-state index contributed by atoms with van der Waals surface area (Å²) in [7, 11) is 1.59. The van der Waals surface area contributed by atoms with Crippen LogP contribution in [0.1, 0.15) is 12.6 Å². The third-order valence-electron chi connectivity index (χ3n) is 1.49. The maximum Gasteiger partial charge on any atom is 0.342 e. The van der Waals surface area contributed by atoms with E-state index < -0.39 is 0 Å². The molecule has 0 unspecified atom stereocenters. The predicted molar refractivity (Wildman–Crippen MR) is 41.5 cm³/mol. The molecule has 0 bridgehead atoms. The Kier molecular flexibility index (Phi) is 2.25. The van der Waals surface area contributed by atoms with E-state index in [1.165, 1.54) is 4.68 Å². The maximum absolute atomic E-state index is 11.0. The minimum absolute atomic E-state index is 0.188. The van der Waals surface area contributed by atoms with Gasteiger partial charge in [0.15, 0.2) is 0 Å². The van der Waals surface area contributed by atoms with Gasteiger partial charge in [0.2, 0.25) is 0 Å². The van der Waals surface area contributed by atoms with Crippen LogP contribution in [0.2, 0.25) is 0 Å². The summed E-state index contributed by atoms with van der Waals surface area (Å²) in [4.78, 5) is 11.0. The van der Waals surface area contributed by atoms with E-state index in [9.17, 15) is 4.79 Å². The minimum atomic E-state index is -0.188. The fourth-order valence-electron chi connectivity index (χ4n) is 0.887. The highest BCUT2D eigenvalue weighted by atomic mass is 16.2. The quantitative estimate of drug-likeness (QED) is 0.643. The largest absolute Gasteiger partial charge is 0.342 e. The van der Waals surface area contributed by atoms with Crippen molar-refractivity contribution in [3.8, 4) is 0 Å². The van der Waals surface area contributed by atoms with Crippen LogP contribution in [0.4, 0.5) is 4.79 Å². The average molecular weight is 153 g/mol. The second kappa shape index (κ2) is 3.18. The summed E-state index contributed by atoms with van der Waals surface area (Å²) < 4.78 is 1.36. The standard InChI is InChI=1S/C7H11N3O/c1-3-6-4-5-9-10(6)7(11)8-2/h4-5H,3H2,1-2H3,(H,8,11). The molecule has 11 heavy (non-hydrogen) atoms. The molecule has 60 valence electrons. The predicted octanol–water partition coefficient (Wildman–Crippen LogP) is 0.633. The number of hydrogen-bond donors (Lipinski definition) is 1. The van der Waals surface area contributed by atoms with Gasteiger partial charge < -0.3 is 5.32 Å². The van der Waals surface area contributed by atoms with Crippen molar-refractivity contribution < 1.29 is 4.79 Å². The lowest BCUT2D eigenvalue weighted by Crippen LogP contribution is -2.26. The molecule has 0 aliphatic carbocycles. The van der Waals surface area contributed by atoms with Crippen molar-refractivity contribution in [1.82, 2.24) is 15.1 Å². The van der Waals surface area contributed by atoms with Gasteiger partial charge in [-0.15, -0.1) is 0 Å². The van der Waals surface area contributed by atoms with Gasteiger partial charge in [-0.25, -0.2) is 4.79 Å². The molecule has 1 aromatic heterocycles. The Morgan fingerprint density at radius 2 is 2.55 bits per heavy atom. The van der Waals surface area contributed by atoms with E-state index in [1.54, 1.807) is 13.2 Å². The molecule has 1 N–H and O–H groups in total. The van der Waals surface area contributed by atoms with Gasteiger partial charge in [-0.05, 0) is 12.5 Å². The number of nitrogens with one attached hydrogen (secondary N) is 1. The zero-order chi connectivity index (χ0) is 8.27. The van der Waals surface area contributed by atoms with Crippen LogP contribution in [0.25, 0.3) is 0 Å². The molecule has 0 atom stereocenters. The molecule has 1 amide bonds. The Morgan fingerprint density at radius 1 is 1.82 bits per heavy atom. The second-order valence-electron chi connectivity index (χ2n) is 2.14. The number of carbonyl (C=O) groups excluding carboxylic acids is 1. The van der Waals surface area contributed by atoms with Gasteiger partial charge in [-0.3, -0.25) is 0 Å². The summed E-state index contributed by atoms with van der Waals surface area (Å²) in [5, 5.41) is 6.37. The molecule has 1 rings (SSSR count). The summed E-state index contributed by atoms with van der Waals surface area (Å²) >= 11 is 0.